The maximum absolute atomic E-state index is 13.7. The van der Waals surface area contributed by atoms with E-state index in [4.69, 9.17) is 0 Å². The van der Waals surface area contributed by atoms with Crippen molar-refractivity contribution in [1.29, 1.82) is 0 Å². The molecule has 0 unspecified atom stereocenters. The van der Waals surface area contributed by atoms with E-state index < -0.39 is 19.9 Å². The van der Waals surface area contributed by atoms with Gasteiger partial charge in [0.1, 0.15) is 0 Å². The van der Waals surface area contributed by atoms with Crippen LogP contribution >= 0.6 is 11.3 Å². The second-order valence-corrected chi connectivity index (χ2v) is 14.3. The summed E-state index contributed by atoms with van der Waals surface area (Å²) in [6, 6.07) is 10.9. The van der Waals surface area contributed by atoms with Crippen LogP contribution < -0.4 is 4.90 Å². The molecule has 1 aliphatic heterocycles. The van der Waals surface area contributed by atoms with Crippen LogP contribution in [0.2, 0.25) is 0 Å². The van der Waals surface area contributed by atoms with E-state index in [9.17, 15) is 21.6 Å². The third kappa shape index (κ3) is 6.26. The summed E-state index contributed by atoms with van der Waals surface area (Å²) in [5.74, 6) is -0.290. The number of benzene rings is 2. The zero-order valence-corrected chi connectivity index (χ0v) is 24.4. The highest BCUT2D eigenvalue weighted by Gasteiger charge is 2.27. The van der Waals surface area contributed by atoms with Gasteiger partial charge in [0, 0.05) is 38.0 Å². The molecule has 0 atom stereocenters. The first-order chi connectivity index (χ1) is 18.0. The summed E-state index contributed by atoms with van der Waals surface area (Å²) < 4.78 is 52.3. The fourth-order valence-electron chi connectivity index (χ4n) is 4.48. The number of aromatic nitrogens is 1. The molecule has 1 fully saturated rings. The minimum absolute atomic E-state index is 0.180. The van der Waals surface area contributed by atoms with Gasteiger partial charge in [0.2, 0.25) is 10.0 Å². The van der Waals surface area contributed by atoms with Crippen LogP contribution in [0, 0.1) is 0 Å². The van der Waals surface area contributed by atoms with Crippen LogP contribution in [-0.4, -0.2) is 82.5 Å². The smallest absolute Gasteiger partial charge is 0.260 e. The molecule has 1 saturated heterocycles. The van der Waals surface area contributed by atoms with E-state index in [1.165, 1.54) is 33.8 Å². The van der Waals surface area contributed by atoms with Crippen LogP contribution in [0.25, 0.3) is 10.2 Å². The Morgan fingerprint density at radius 2 is 1.55 bits per heavy atom. The van der Waals surface area contributed by atoms with Gasteiger partial charge in [-0.3, -0.25) is 9.69 Å². The number of sulfone groups is 1. The van der Waals surface area contributed by atoms with Gasteiger partial charge >= 0.3 is 0 Å². The van der Waals surface area contributed by atoms with Crippen molar-refractivity contribution >= 4 is 52.5 Å². The number of hydrogen-bond donors (Lipinski definition) is 0. The average Bonchev–Trinajstić information content (AvgIpc) is 3.34. The van der Waals surface area contributed by atoms with Crippen LogP contribution in [0.1, 0.15) is 43.5 Å². The Kier molecular flexibility index (Phi) is 8.88. The summed E-state index contributed by atoms with van der Waals surface area (Å²) in [5, 5.41) is 0.466. The van der Waals surface area contributed by atoms with E-state index in [0.717, 1.165) is 38.6 Å². The van der Waals surface area contributed by atoms with E-state index in [1.807, 2.05) is 0 Å². The van der Waals surface area contributed by atoms with Crippen molar-refractivity contribution in [3.63, 3.8) is 0 Å². The zero-order chi connectivity index (χ0) is 27.5. The highest BCUT2D eigenvalue weighted by Crippen LogP contribution is 2.32. The zero-order valence-electron chi connectivity index (χ0n) is 22.0. The molecule has 0 aliphatic carbocycles. The molecule has 1 aromatic heterocycles. The number of anilines is 1. The van der Waals surface area contributed by atoms with Crippen LogP contribution in [-0.2, 0) is 19.9 Å². The Bertz CT molecular complexity index is 1490. The standard InChI is InChI=1S/C26H34N4O5S3/c1-4-28(5-2)17-18-30(26-27-23-14-13-22(37(3,32)33)19-24(23)36-26)25(31)20-9-11-21(12-10-20)38(34,35)29-15-7-6-8-16-29/h9-14,19H,4-8,15-18H2,1-3H3. The molecule has 0 N–H and O–H groups in total. The monoisotopic (exact) mass is 578 g/mol. The molecule has 1 aliphatic rings. The number of thiazole rings is 1. The van der Waals surface area contributed by atoms with E-state index in [0.29, 0.717) is 47.1 Å². The molecule has 2 heterocycles. The minimum atomic E-state index is -3.60. The first kappa shape index (κ1) is 28.6. The van der Waals surface area contributed by atoms with Gasteiger partial charge in [-0.25, -0.2) is 21.8 Å². The highest BCUT2D eigenvalue weighted by molar-refractivity contribution is 7.90. The summed E-state index contributed by atoms with van der Waals surface area (Å²) in [5.41, 5.74) is 0.972. The van der Waals surface area contributed by atoms with Crippen molar-refractivity contribution in [1.82, 2.24) is 14.2 Å². The molecule has 38 heavy (non-hydrogen) atoms. The lowest BCUT2D eigenvalue weighted by atomic mass is 10.2. The van der Waals surface area contributed by atoms with Gasteiger partial charge < -0.3 is 4.90 Å². The number of likely N-dealkylation sites (N-methyl/N-ethyl adjacent to an activating group) is 1. The number of piperidine rings is 1. The SMILES string of the molecule is CCN(CC)CCN(C(=O)c1ccc(S(=O)(=O)N2CCCCC2)cc1)c1nc2ccc(S(C)(=O)=O)cc2s1. The minimum Gasteiger partial charge on any atom is -0.302 e. The predicted octanol–water partition coefficient (Wildman–Crippen LogP) is 3.86. The first-order valence-electron chi connectivity index (χ1n) is 12.8. The molecule has 2 aromatic carbocycles. The fourth-order valence-corrected chi connectivity index (χ4v) is 7.75. The Balaban J connectivity index is 1.65. The van der Waals surface area contributed by atoms with Crippen molar-refractivity contribution in [2.24, 2.45) is 0 Å². The normalized spacial score (nSPS) is 15.3. The van der Waals surface area contributed by atoms with Gasteiger partial charge in [-0.1, -0.05) is 31.6 Å². The van der Waals surface area contributed by atoms with Crippen LogP contribution in [0.3, 0.4) is 0 Å². The van der Waals surface area contributed by atoms with E-state index in [1.54, 1.807) is 29.2 Å². The Morgan fingerprint density at radius 1 is 0.921 bits per heavy atom. The van der Waals surface area contributed by atoms with Gasteiger partial charge in [0.25, 0.3) is 5.91 Å². The van der Waals surface area contributed by atoms with Gasteiger partial charge in [0.05, 0.1) is 20.0 Å². The quantitative estimate of drug-likeness (QED) is 0.359. The maximum Gasteiger partial charge on any atom is 0.260 e. The number of hydrogen-bond acceptors (Lipinski definition) is 8. The second kappa shape index (κ2) is 11.8. The second-order valence-electron chi connectivity index (χ2n) is 9.37. The lowest BCUT2D eigenvalue weighted by Crippen LogP contribution is -2.39. The molecular formula is C26H34N4O5S3. The van der Waals surface area contributed by atoms with Gasteiger partial charge in [-0.15, -0.1) is 0 Å². The number of carbonyl (C=O) groups is 1. The number of rotatable bonds is 10. The first-order valence-corrected chi connectivity index (χ1v) is 16.9. The third-order valence-corrected chi connectivity index (χ3v) is 10.9. The van der Waals surface area contributed by atoms with E-state index in [2.05, 4.69) is 23.7 Å². The molecule has 0 radical (unpaired) electrons. The molecule has 3 aromatic rings. The van der Waals surface area contributed by atoms with Crippen LogP contribution in [0.15, 0.2) is 52.3 Å². The lowest BCUT2D eigenvalue weighted by molar-refractivity contribution is 0.0983. The third-order valence-electron chi connectivity index (χ3n) is 6.84. The summed E-state index contributed by atoms with van der Waals surface area (Å²) in [7, 11) is -6.97. The molecule has 0 bridgehead atoms. The van der Waals surface area contributed by atoms with Crippen molar-refractivity contribution in [2.45, 2.75) is 42.9 Å². The fraction of sp³-hybridized carbons (Fsp3) is 0.462. The van der Waals surface area contributed by atoms with Gasteiger partial charge in [-0.2, -0.15) is 4.31 Å². The largest absolute Gasteiger partial charge is 0.302 e. The molecule has 1 amide bonds. The Morgan fingerprint density at radius 3 is 2.16 bits per heavy atom. The number of amides is 1. The molecule has 0 saturated carbocycles. The molecule has 9 nitrogen and oxygen atoms in total. The summed E-state index contributed by atoms with van der Waals surface area (Å²) in [4.78, 5) is 22.5. The van der Waals surface area contributed by atoms with Crippen molar-refractivity contribution < 1.29 is 21.6 Å². The average molecular weight is 579 g/mol. The van der Waals surface area contributed by atoms with Crippen LogP contribution in [0.4, 0.5) is 5.13 Å². The number of fused-ring (bicyclic) bond motifs is 1. The number of nitrogens with zero attached hydrogens (tertiary/aromatic N) is 4. The lowest BCUT2D eigenvalue weighted by Gasteiger charge is -2.26. The molecule has 0 spiro atoms. The highest BCUT2D eigenvalue weighted by atomic mass is 32.2. The molecule has 4 rings (SSSR count). The van der Waals surface area contributed by atoms with Gasteiger partial charge in [-0.05, 0) is 68.4 Å². The Hall–Kier alpha value is -2.38. The van der Waals surface area contributed by atoms with E-state index >= 15 is 0 Å². The van der Waals surface area contributed by atoms with Crippen molar-refractivity contribution in [3.05, 3.63) is 48.0 Å². The number of sulfonamides is 1. The summed E-state index contributed by atoms with van der Waals surface area (Å²) in [6.45, 7) is 7.82. The molecule has 12 heteroatoms. The van der Waals surface area contributed by atoms with Gasteiger partial charge in [0.15, 0.2) is 15.0 Å². The van der Waals surface area contributed by atoms with Crippen LogP contribution in [0.5, 0.6) is 0 Å². The number of carbonyl (C=O) groups excluding carboxylic acids is 1. The molecule has 206 valence electrons. The molecular weight excluding hydrogens is 545 g/mol. The van der Waals surface area contributed by atoms with E-state index in [-0.39, 0.29) is 15.7 Å². The van der Waals surface area contributed by atoms with Crippen molar-refractivity contribution in [2.75, 3.05) is 50.4 Å². The topological polar surface area (TPSA) is 108 Å². The predicted molar refractivity (Wildman–Crippen MR) is 151 cm³/mol. The maximum atomic E-state index is 13.7. The van der Waals surface area contributed by atoms with Crippen molar-refractivity contribution in [3.8, 4) is 0 Å². The summed E-state index contributed by atoms with van der Waals surface area (Å²) >= 11 is 1.26. The Labute approximate surface area is 229 Å². The summed E-state index contributed by atoms with van der Waals surface area (Å²) in [6.07, 6.45) is 3.89.